The molecule has 13 heteroatoms. The van der Waals surface area contributed by atoms with Crippen molar-refractivity contribution in [2.75, 3.05) is 31.6 Å². The van der Waals surface area contributed by atoms with E-state index in [2.05, 4.69) is 9.97 Å². The number of nitrogens with one attached hydrogen (secondary N) is 1. The molecule has 37 heavy (non-hydrogen) atoms. The van der Waals surface area contributed by atoms with Crippen molar-refractivity contribution in [2.24, 2.45) is 5.92 Å². The van der Waals surface area contributed by atoms with Crippen molar-refractivity contribution in [3.05, 3.63) is 33.9 Å². The van der Waals surface area contributed by atoms with E-state index in [0.717, 1.165) is 18.9 Å². The van der Waals surface area contributed by atoms with Crippen molar-refractivity contribution >= 4 is 36.1 Å². The van der Waals surface area contributed by atoms with Gasteiger partial charge in [0.15, 0.2) is 11.6 Å². The molecule has 1 aliphatic heterocycles. The number of anilines is 1. The first-order valence-electron chi connectivity index (χ1n) is 12.1. The van der Waals surface area contributed by atoms with Crippen molar-refractivity contribution in [2.45, 2.75) is 51.7 Å². The van der Waals surface area contributed by atoms with E-state index in [1.807, 2.05) is 0 Å². The van der Waals surface area contributed by atoms with Crippen molar-refractivity contribution in [1.82, 2.24) is 9.88 Å². The summed E-state index contributed by atoms with van der Waals surface area (Å²) in [7, 11) is -2.03. The third-order valence-electron chi connectivity index (χ3n) is 6.29. The predicted molar refractivity (Wildman–Crippen MR) is 131 cm³/mol. The van der Waals surface area contributed by atoms with Crippen molar-refractivity contribution in [3.63, 3.8) is 0 Å². The normalized spacial score (nSPS) is 17.6. The van der Waals surface area contributed by atoms with Crippen LogP contribution in [-0.2, 0) is 9.39 Å². The first-order chi connectivity index (χ1) is 17.4. The van der Waals surface area contributed by atoms with Gasteiger partial charge in [-0.25, -0.2) is 22.6 Å². The number of benzene rings is 1. The molecule has 4 rings (SSSR count). The third-order valence-corrected chi connectivity index (χ3v) is 6.29. The first-order valence-corrected chi connectivity index (χ1v) is 12.1. The quantitative estimate of drug-likeness (QED) is 0.550. The SMILES string of the molecule is COc1c(N2CCC(CNC(=O)OC(C)(C)C)C2)c(F)cc2c(=O)c(C(=O)OB(F)F)cn(C3CC3)c12. The summed E-state index contributed by atoms with van der Waals surface area (Å²) in [4.78, 5) is 39.0. The summed E-state index contributed by atoms with van der Waals surface area (Å²) < 4.78 is 57.2. The summed E-state index contributed by atoms with van der Waals surface area (Å²) in [5, 5.41) is 2.58. The Morgan fingerprint density at radius 3 is 2.51 bits per heavy atom. The molecule has 1 saturated heterocycles. The highest BCUT2D eigenvalue weighted by Crippen LogP contribution is 2.44. The van der Waals surface area contributed by atoms with Crippen LogP contribution < -0.4 is 20.4 Å². The van der Waals surface area contributed by atoms with Gasteiger partial charge in [-0.15, -0.1) is 0 Å². The predicted octanol–water partition coefficient (Wildman–Crippen LogP) is 3.92. The van der Waals surface area contributed by atoms with E-state index in [1.54, 1.807) is 30.2 Å². The van der Waals surface area contributed by atoms with Crippen LogP contribution in [0.15, 0.2) is 17.1 Å². The molecule has 1 aromatic carbocycles. The number of nitrogens with zero attached hydrogens (tertiary/aromatic N) is 2. The zero-order valence-electron chi connectivity index (χ0n) is 21.1. The molecule has 2 aliphatic rings. The molecule has 1 N–H and O–H groups in total. The minimum atomic E-state index is -3.39. The number of amides is 1. The second-order valence-corrected chi connectivity index (χ2v) is 10.3. The second-order valence-electron chi connectivity index (χ2n) is 10.3. The first kappa shape index (κ1) is 26.7. The monoisotopic (exact) mass is 523 g/mol. The van der Waals surface area contributed by atoms with Crippen LogP contribution in [0.5, 0.6) is 5.75 Å². The van der Waals surface area contributed by atoms with E-state index in [-0.39, 0.29) is 34.3 Å². The lowest BCUT2D eigenvalue weighted by atomic mass is 10.1. The molecule has 1 aromatic heterocycles. The molecule has 2 aromatic rings. The van der Waals surface area contributed by atoms with Gasteiger partial charge in [-0.05, 0) is 52.0 Å². The lowest BCUT2D eigenvalue weighted by molar-refractivity contribution is 0.0520. The fraction of sp³-hybridized carbons (Fsp3) is 0.542. The highest BCUT2D eigenvalue weighted by atomic mass is 19.2. The Hall–Kier alpha value is -3.38. The van der Waals surface area contributed by atoms with Crippen molar-refractivity contribution in [1.29, 1.82) is 0 Å². The van der Waals surface area contributed by atoms with Gasteiger partial charge in [0.1, 0.15) is 16.9 Å². The number of rotatable bonds is 7. The molecule has 9 nitrogen and oxygen atoms in total. The zero-order chi connectivity index (χ0) is 27.1. The van der Waals surface area contributed by atoms with Crippen LogP contribution in [0.25, 0.3) is 10.9 Å². The van der Waals surface area contributed by atoms with Crippen LogP contribution in [-0.4, -0.2) is 56.4 Å². The van der Waals surface area contributed by atoms with Gasteiger partial charge in [-0.3, -0.25) is 4.79 Å². The maximum atomic E-state index is 15.5. The van der Waals surface area contributed by atoms with Gasteiger partial charge in [-0.2, -0.15) is 0 Å². The number of carbonyl (C=O) groups excluding carboxylic acids is 2. The Labute approximate surface area is 212 Å². The summed E-state index contributed by atoms with van der Waals surface area (Å²) >= 11 is 0. The van der Waals surface area contributed by atoms with Gasteiger partial charge >= 0.3 is 19.5 Å². The van der Waals surface area contributed by atoms with Crippen molar-refractivity contribution in [3.8, 4) is 5.75 Å². The number of hydrogen-bond donors (Lipinski definition) is 1. The average Bonchev–Trinajstić information content (AvgIpc) is 3.53. The molecule has 200 valence electrons. The molecule has 1 atom stereocenters. The summed E-state index contributed by atoms with van der Waals surface area (Å²) in [5.74, 6) is -2.08. The molecule has 1 amide bonds. The standard InChI is InChI=1S/C24H29BF3N3O6/c1-24(2,3)36-23(34)29-10-13-7-8-30(11-13)19-17(26)9-15-18(21(19)35-4)31(14-5-6-14)12-16(20(15)32)22(33)37-25(27)28/h9,12-14H,5-8,10-11H2,1-4H3,(H,29,34). The van der Waals surface area contributed by atoms with Gasteiger partial charge in [0.2, 0.25) is 5.43 Å². The second kappa shape index (κ2) is 10.2. The highest BCUT2D eigenvalue weighted by Gasteiger charge is 2.34. The van der Waals surface area contributed by atoms with Crippen LogP contribution in [0.1, 0.15) is 56.4 Å². The van der Waals surface area contributed by atoms with E-state index in [1.165, 1.54) is 13.3 Å². The van der Waals surface area contributed by atoms with E-state index < -0.39 is 41.9 Å². The molecule has 0 bridgehead atoms. The van der Waals surface area contributed by atoms with E-state index in [9.17, 15) is 23.0 Å². The summed E-state index contributed by atoms with van der Waals surface area (Å²) in [6, 6.07) is 0.914. The summed E-state index contributed by atoms with van der Waals surface area (Å²) in [6.45, 7) is 6.54. The number of fused-ring (bicyclic) bond motifs is 1. The molecule has 1 saturated carbocycles. The van der Waals surface area contributed by atoms with Gasteiger partial charge in [-0.1, -0.05) is 0 Å². The lowest BCUT2D eigenvalue weighted by Gasteiger charge is -2.25. The lowest BCUT2D eigenvalue weighted by Crippen LogP contribution is -2.36. The summed E-state index contributed by atoms with van der Waals surface area (Å²) in [6.07, 6.45) is 2.80. The van der Waals surface area contributed by atoms with Gasteiger partial charge < -0.3 is 28.9 Å². The van der Waals surface area contributed by atoms with Gasteiger partial charge in [0.25, 0.3) is 0 Å². The topological polar surface area (TPSA) is 99.1 Å². The molecule has 0 spiro atoms. The Morgan fingerprint density at radius 1 is 1.22 bits per heavy atom. The summed E-state index contributed by atoms with van der Waals surface area (Å²) in [5.41, 5.74) is -1.69. The Balaban J connectivity index is 1.67. The third kappa shape index (κ3) is 5.80. The number of aromatic nitrogens is 1. The van der Waals surface area contributed by atoms with Crippen LogP contribution in [0.3, 0.4) is 0 Å². The number of ether oxygens (including phenoxy) is 2. The molecular weight excluding hydrogens is 494 g/mol. The number of alkyl carbamates (subject to hydrolysis) is 1. The molecule has 0 radical (unpaired) electrons. The maximum absolute atomic E-state index is 15.5. The molecule has 2 fully saturated rings. The number of halogens is 3. The minimum absolute atomic E-state index is 0.0180. The van der Waals surface area contributed by atoms with E-state index in [4.69, 9.17) is 9.47 Å². The van der Waals surface area contributed by atoms with Gasteiger partial charge in [0.05, 0.1) is 18.0 Å². The number of carbonyl (C=O) groups is 2. The Bertz CT molecular complexity index is 1280. The number of methoxy groups -OCH3 is 1. The van der Waals surface area contributed by atoms with Crippen molar-refractivity contribution < 1.29 is 36.7 Å². The maximum Gasteiger partial charge on any atom is 0.798 e. The Kier molecular flexibility index (Phi) is 7.34. The van der Waals surface area contributed by atoms with E-state index in [0.29, 0.717) is 26.1 Å². The fourth-order valence-corrected chi connectivity index (χ4v) is 4.61. The fourth-order valence-electron chi connectivity index (χ4n) is 4.61. The van der Waals surface area contributed by atoms with Crippen LogP contribution in [0.2, 0.25) is 0 Å². The van der Waals surface area contributed by atoms with Crippen LogP contribution in [0, 0.1) is 11.7 Å². The van der Waals surface area contributed by atoms with E-state index >= 15 is 4.39 Å². The van der Waals surface area contributed by atoms with Gasteiger partial charge in [0, 0.05) is 31.9 Å². The highest BCUT2D eigenvalue weighted by molar-refractivity contribution is 6.38. The molecule has 1 unspecified atom stereocenters. The molecular formula is C24H29BF3N3O6. The molecule has 2 heterocycles. The Morgan fingerprint density at radius 2 is 1.92 bits per heavy atom. The average molecular weight is 523 g/mol. The zero-order valence-corrected chi connectivity index (χ0v) is 21.1. The number of pyridine rings is 1. The molecule has 1 aliphatic carbocycles. The largest absolute Gasteiger partial charge is 0.798 e. The van der Waals surface area contributed by atoms with Crippen LogP contribution in [0.4, 0.5) is 23.5 Å². The minimum Gasteiger partial charge on any atom is -0.492 e. The smallest absolute Gasteiger partial charge is 0.492 e. The number of hydrogen-bond acceptors (Lipinski definition) is 7. The van der Waals surface area contributed by atoms with Crippen LogP contribution >= 0.6 is 0 Å².